The lowest BCUT2D eigenvalue weighted by Gasteiger charge is -2.06. The fourth-order valence-corrected chi connectivity index (χ4v) is 2.32. The van der Waals surface area contributed by atoms with E-state index in [-0.39, 0.29) is 11.9 Å². The zero-order chi connectivity index (χ0) is 16.8. The molecule has 1 unspecified atom stereocenters. The first-order valence-corrected chi connectivity index (χ1v) is 9.15. The van der Waals surface area contributed by atoms with E-state index in [0.29, 0.717) is 38.6 Å². The Bertz CT molecular complexity index is 325. The minimum Gasteiger partial charge on any atom is -0.466 e. The first kappa shape index (κ1) is 19.9. The molecule has 0 aliphatic carbocycles. The van der Waals surface area contributed by atoms with Gasteiger partial charge in [-0.2, -0.15) is 0 Å². The molecule has 1 atom stereocenters. The Morgan fingerprint density at radius 3 is 2.09 bits per heavy atom. The van der Waals surface area contributed by atoms with Crippen LogP contribution >= 0.6 is 0 Å². The third-order valence-corrected chi connectivity index (χ3v) is 3.86. The molecule has 1 aliphatic heterocycles. The van der Waals surface area contributed by atoms with Gasteiger partial charge in [0.25, 0.3) is 0 Å². The number of esters is 2. The number of carbonyl (C=O) groups is 2. The normalized spacial score (nSPS) is 16.1. The smallest absolute Gasteiger partial charge is 0.305 e. The van der Waals surface area contributed by atoms with Crippen LogP contribution in [0.3, 0.4) is 0 Å². The molecule has 5 nitrogen and oxygen atoms in total. The van der Waals surface area contributed by atoms with Gasteiger partial charge in [-0.3, -0.25) is 9.59 Å². The molecular formula is C18H32O5. The highest BCUT2D eigenvalue weighted by Gasteiger charge is 2.21. The molecule has 0 amide bonds. The number of hydrogen-bond donors (Lipinski definition) is 0. The van der Waals surface area contributed by atoms with Gasteiger partial charge in [-0.25, -0.2) is 0 Å². The molecule has 1 heterocycles. The second-order valence-corrected chi connectivity index (χ2v) is 6.16. The van der Waals surface area contributed by atoms with Gasteiger partial charge in [-0.05, 0) is 25.7 Å². The van der Waals surface area contributed by atoms with E-state index in [1.807, 2.05) is 0 Å². The monoisotopic (exact) mass is 328 g/mol. The Morgan fingerprint density at radius 1 is 0.870 bits per heavy atom. The van der Waals surface area contributed by atoms with Crippen molar-refractivity contribution < 1.29 is 23.8 Å². The summed E-state index contributed by atoms with van der Waals surface area (Å²) < 4.78 is 15.3. The number of hydrogen-bond acceptors (Lipinski definition) is 5. The molecule has 1 aliphatic rings. The van der Waals surface area contributed by atoms with Crippen LogP contribution in [0.15, 0.2) is 0 Å². The van der Waals surface area contributed by atoms with E-state index in [0.717, 1.165) is 32.3 Å². The molecule has 0 spiro atoms. The maximum Gasteiger partial charge on any atom is 0.305 e. The average Bonchev–Trinajstić information content (AvgIpc) is 3.35. The molecule has 0 saturated carbocycles. The fraction of sp³-hybridized carbons (Fsp3) is 0.889. The van der Waals surface area contributed by atoms with Gasteiger partial charge in [0, 0.05) is 12.8 Å². The summed E-state index contributed by atoms with van der Waals surface area (Å²) in [7, 11) is 0. The molecular weight excluding hydrogens is 296 g/mol. The van der Waals surface area contributed by atoms with E-state index in [2.05, 4.69) is 6.92 Å². The molecule has 134 valence electrons. The molecule has 1 saturated heterocycles. The first-order valence-electron chi connectivity index (χ1n) is 9.15. The van der Waals surface area contributed by atoms with Crippen LogP contribution in [0.1, 0.15) is 77.6 Å². The van der Waals surface area contributed by atoms with Crippen LogP contribution in [0, 0.1) is 0 Å². The fourth-order valence-electron chi connectivity index (χ4n) is 2.32. The third kappa shape index (κ3) is 13.1. The second kappa shape index (κ2) is 13.3. The first-order chi connectivity index (χ1) is 11.2. The topological polar surface area (TPSA) is 65.1 Å². The van der Waals surface area contributed by atoms with Crippen LogP contribution in [0.2, 0.25) is 0 Å². The van der Waals surface area contributed by atoms with Crippen molar-refractivity contribution in [2.45, 2.75) is 83.7 Å². The summed E-state index contributed by atoms with van der Waals surface area (Å²) >= 11 is 0. The van der Waals surface area contributed by atoms with E-state index >= 15 is 0 Å². The predicted octanol–water partition coefficient (Wildman–Crippen LogP) is 3.78. The highest BCUT2D eigenvalue weighted by Crippen LogP contribution is 2.16. The maximum atomic E-state index is 11.5. The highest BCUT2D eigenvalue weighted by atomic mass is 16.6. The maximum absolute atomic E-state index is 11.5. The van der Waals surface area contributed by atoms with Gasteiger partial charge in [0.15, 0.2) is 0 Å². The lowest BCUT2D eigenvalue weighted by atomic mass is 10.1. The van der Waals surface area contributed by atoms with Crippen LogP contribution in [0.25, 0.3) is 0 Å². The largest absolute Gasteiger partial charge is 0.466 e. The Labute approximate surface area is 140 Å². The molecule has 0 radical (unpaired) electrons. The minimum absolute atomic E-state index is 0.189. The highest BCUT2D eigenvalue weighted by molar-refractivity contribution is 5.70. The van der Waals surface area contributed by atoms with E-state index in [9.17, 15) is 9.59 Å². The van der Waals surface area contributed by atoms with Crippen LogP contribution < -0.4 is 0 Å². The summed E-state index contributed by atoms with van der Waals surface area (Å²) in [5.74, 6) is -0.383. The quantitative estimate of drug-likeness (QED) is 0.260. The third-order valence-electron chi connectivity index (χ3n) is 3.86. The molecule has 0 aromatic rings. The molecule has 0 N–H and O–H groups in total. The van der Waals surface area contributed by atoms with Crippen molar-refractivity contribution in [3.63, 3.8) is 0 Å². The summed E-state index contributed by atoms with van der Waals surface area (Å²) in [6, 6.07) is 0. The standard InChI is InChI=1S/C18H32O5/c1-2-3-4-5-6-7-13-21-18(20)12-9-14-22-17(19)11-8-10-16-15-23-16/h16H,2-15H2,1H3. The SMILES string of the molecule is CCCCCCCCOC(=O)CCCOC(=O)CCCC1CO1. The van der Waals surface area contributed by atoms with Crippen LogP contribution in [-0.4, -0.2) is 37.9 Å². The molecule has 0 aromatic carbocycles. The molecule has 1 fully saturated rings. The van der Waals surface area contributed by atoms with Gasteiger partial charge >= 0.3 is 11.9 Å². The number of carbonyl (C=O) groups excluding carboxylic acids is 2. The van der Waals surface area contributed by atoms with Crippen molar-refractivity contribution in [1.29, 1.82) is 0 Å². The zero-order valence-electron chi connectivity index (χ0n) is 14.5. The predicted molar refractivity (Wildman–Crippen MR) is 88.1 cm³/mol. The number of ether oxygens (including phenoxy) is 3. The van der Waals surface area contributed by atoms with E-state index < -0.39 is 0 Å². The Balaban J connectivity index is 1.80. The molecule has 1 rings (SSSR count). The summed E-state index contributed by atoms with van der Waals surface area (Å²) in [6.45, 7) is 3.83. The van der Waals surface area contributed by atoms with Crippen molar-refractivity contribution in [2.24, 2.45) is 0 Å². The minimum atomic E-state index is -0.194. The summed E-state index contributed by atoms with van der Waals surface area (Å²) in [6.07, 6.45) is 10.5. The lowest BCUT2D eigenvalue weighted by Crippen LogP contribution is -2.10. The Morgan fingerprint density at radius 2 is 1.43 bits per heavy atom. The van der Waals surface area contributed by atoms with Gasteiger partial charge in [0.2, 0.25) is 0 Å². The molecule has 5 heteroatoms. The lowest BCUT2D eigenvalue weighted by molar-refractivity contribution is -0.147. The van der Waals surface area contributed by atoms with Crippen molar-refractivity contribution in [3.8, 4) is 0 Å². The summed E-state index contributed by atoms with van der Waals surface area (Å²) in [4.78, 5) is 22.9. The van der Waals surface area contributed by atoms with Crippen molar-refractivity contribution in [1.82, 2.24) is 0 Å². The Kier molecular flexibility index (Phi) is 11.6. The summed E-state index contributed by atoms with van der Waals surface area (Å²) in [5.41, 5.74) is 0. The zero-order valence-corrected chi connectivity index (χ0v) is 14.5. The van der Waals surface area contributed by atoms with Gasteiger partial charge in [-0.1, -0.05) is 39.0 Å². The molecule has 0 bridgehead atoms. The average molecular weight is 328 g/mol. The van der Waals surface area contributed by atoms with Crippen LogP contribution in [0.5, 0.6) is 0 Å². The van der Waals surface area contributed by atoms with Crippen LogP contribution in [0.4, 0.5) is 0 Å². The van der Waals surface area contributed by atoms with Crippen molar-refractivity contribution in [3.05, 3.63) is 0 Å². The van der Waals surface area contributed by atoms with E-state index in [1.165, 1.54) is 25.7 Å². The summed E-state index contributed by atoms with van der Waals surface area (Å²) in [5, 5.41) is 0. The number of rotatable bonds is 15. The van der Waals surface area contributed by atoms with Crippen molar-refractivity contribution in [2.75, 3.05) is 19.8 Å². The van der Waals surface area contributed by atoms with Crippen LogP contribution in [-0.2, 0) is 23.8 Å². The second-order valence-electron chi connectivity index (χ2n) is 6.16. The molecule has 23 heavy (non-hydrogen) atoms. The Hall–Kier alpha value is -1.10. The van der Waals surface area contributed by atoms with E-state index in [1.54, 1.807) is 0 Å². The van der Waals surface area contributed by atoms with Gasteiger partial charge in [0.1, 0.15) is 0 Å². The number of unbranched alkanes of at least 4 members (excludes halogenated alkanes) is 5. The number of epoxide rings is 1. The molecule has 0 aromatic heterocycles. The van der Waals surface area contributed by atoms with Gasteiger partial charge in [0.05, 0.1) is 25.9 Å². The van der Waals surface area contributed by atoms with E-state index in [4.69, 9.17) is 14.2 Å². The van der Waals surface area contributed by atoms with Gasteiger partial charge in [-0.15, -0.1) is 0 Å². The van der Waals surface area contributed by atoms with Gasteiger partial charge < -0.3 is 14.2 Å². The van der Waals surface area contributed by atoms with Crippen molar-refractivity contribution >= 4 is 11.9 Å².